The summed E-state index contributed by atoms with van der Waals surface area (Å²) in [5.74, 6) is 1.67. The maximum atomic E-state index is 5.02. The molecule has 0 fully saturated rings. The van der Waals surface area contributed by atoms with Gasteiger partial charge < -0.3 is 4.57 Å². The minimum atomic E-state index is -0.0140. The van der Waals surface area contributed by atoms with Crippen LogP contribution in [0.1, 0.15) is 108 Å². The molecule has 1 aromatic heterocycles. The highest BCUT2D eigenvalue weighted by Crippen LogP contribution is 2.44. The molecule has 0 spiro atoms. The number of hydrogen-bond acceptors (Lipinski definition) is 1. The van der Waals surface area contributed by atoms with E-state index >= 15 is 0 Å². The Morgan fingerprint density at radius 3 is 2.09 bits per heavy atom. The van der Waals surface area contributed by atoms with Gasteiger partial charge in [0.05, 0.1) is 0 Å². The van der Waals surface area contributed by atoms with Crippen molar-refractivity contribution in [3.8, 4) is 0 Å². The van der Waals surface area contributed by atoms with E-state index in [0.29, 0.717) is 5.92 Å². The maximum Gasteiger partial charge on any atom is 0.112 e. The van der Waals surface area contributed by atoms with Crippen LogP contribution >= 0.6 is 0 Å². The van der Waals surface area contributed by atoms with E-state index in [1.807, 2.05) is 6.20 Å². The molecule has 2 heteroatoms. The fourth-order valence-electron chi connectivity index (χ4n) is 5.48. The minimum Gasteiger partial charge on any atom is -0.335 e. The van der Waals surface area contributed by atoms with Gasteiger partial charge in [0.15, 0.2) is 0 Å². The van der Waals surface area contributed by atoms with E-state index in [1.165, 1.54) is 81.2 Å². The van der Waals surface area contributed by atoms with Crippen molar-refractivity contribution in [2.45, 2.75) is 109 Å². The molecule has 2 aromatic carbocycles. The topological polar surface area (TPSA) is 17.8 Å². The molecule has 3 rings (SSSR count). The molecule has 0 aliphatic carbocycles. The second-order valence-electron chi connectivity index (χ2n) is 10.2. The molecular weight excluding hydrogens is 412 g/mol. The first-order valence-corrected chi connectivity index (χ1v) is 13.8. The van der Waals surface area contributed by atoms with Crippen LogP contribution in [0, 0.1) is 0 Å². The Kier molecular flexibility index (Phi) is 10.9. The molecular formula is C32H46N2. The Morgan fingerprint density at radius 2 is 1.38 bits per heavy atom. The lowest BCUT2D eigenvalue weighted by Gasteiger charge is -2.39. The number of benzene rings is 2. The summed E-state index contributed by atoms with van der Waals surface area (Å²) in [6, 6.07) is 22.3. The molecule has 0 amide bonds. The Hall–Kier alpha value is -2.35. The quantitative estimate of drug-likeness (QED) is 0.196. The Bertz CT molecular complexity index is 914. The van der Waals surface area contributed by atoms with Crippen molar-refractivity contribution in [2.24, 2.45) is 0 Å². The summed E-state index contributed by atoms with van der Waals surface area (Å²) in [5, 5.41) is 0. The second kappa shape index (κ2) is 14.1. The van der Waals surface area contributed by atoms with Crippen molar-refractivity contribution in [1.29, 1.82) is 0 Å². The molecule has 184 valence electrons. The molecule has 2 atom stereocenters. The number of aromatic nitrogens is 2. The van der Waals surface area contributed by atoms with Crippen LogP contribution in [0.3, 0.4) is 0 Å². The lowest BCUT2D eigenvalue weighted by molar-refractivity contribution is 0.321. The summed E-state index contributed by atoms with van der Waals surface area (Å²) in [5.41, 5.74) is 2.82. The molecule has 0 aliphatic rings. The zero-order chi connectivity index (χ0) is 24.1. The number of imidazole rings is 1. The first-order chi connectivity index (χ1) is 16.7. The predicted octanol–water partition coefficient (Wildman–Crippen LogP) is 9.11. The fraction of sp³-hybridized carbons (Fsp3) is 0.531. The Labute approximate surface area is 208 Å². The summed E-state index contributed by atoms with van der Waals surface area (Å²) in [7, 11) is 0. The number of nitrogens with zero attached hydrogens (tertiary/aromatic N) is 2. The monoisotopic (exact) mass is 458 g/mol. The molecule has 0 saturated heterocycles. The standard InChI is InChI=1S/C32H46N2/c1-4-6-8-9-10-17-23-30(31-33-24-26-34(31)25-18-7-5-2)32(3,29-21-15-12-16-22-29)27-28-19-13-11-14-20-28/h11-16,19-22,24,26,30H,4-10,17-18,23,25,27H2,1-3H3. The van der Waals surface area contributed by atoms with Gasteiger partial charge in [-0.1, -0.05) is 133 Å². The van der Waals surface area contributed by atoms with Crippen LogP contribution < -0.4 is 0 Å². The van der Waals surface area contributed by atoms with Crippen molar-refractivity contribution in [2.75, 3.05) is 0 Å². The van der Waals surface area contributed by atoms with Crippen LogP contribution in [0.4, 0.5) is 0 Å². The van der Waals surface area contributed by atoms with Gasteiger partial charge in [0, 0.05) is 30.3 Å². The smallest absolute Gasteiger partial charge is 0.112 e. The number of hydrogen-bond donors (Lipinski definition) is 0. The average molecular weight is 459 g/mol. The van der Waals surface area contributed by atoms with E-state index in [4.69, 9.17) is 4.98 Å². The van der Waals surface area contributed by atoms with Gasteiger partial charge in [-0.25, -0.2) is 4.98 Å². The van der Waals surface area contributed by atoms with Crippen LogP contribution in [0.5, 0.6) is 0 Å². The zero-order valence-corrected chi connectivity index (χ0v) is 21.9. The first-order valence-electron chi connectivity index (χ1n) is 13.8. The predicted molar refractivity (Wildman–Crippen MR) is 146 cm³/mol. The first kappa shape index (κ1) is 26.3. The van der Waals surface area contributed by atoms with Crippen LogP contribution in [0.2, 0.25) is 0 Å². The van der Waals surface area contributed by atoms with Gasteiger partial charge in [0.2, 0.25) is 0 Å². The average Bonchev–Trinajstić information content (AvgIpc) is 3.33. The van der Waals surface area contributed by atoms with Crippen molar-refractivity contribution in [3.05, 3.63) is 90.0 Å². The van der Waals surface area contributed by atoms with Gasteiger partial charge in [0.25, 0.3) is 0 Å². The highest BCUT2D eigenvalue weighted by atomic mass is 15.1. The van der Waals surface area contributed by atoms with Gasteiger partial charge in [-0.2, -0.15) is 0 Å². The summed E-state index contributed by atoms with van der Waals surface area (Å²) in [6.07, 6.45) is 18.2. The molecule has 0 saturated carbocycles. The molecule has 2 nitrogen and oxygen atoms in total. The van der Waals surface area contributed by atoms with Gasteiger partial charge in [0.1, 0.15) is 5.82 Å². The fourth-order valence-corrected chi connectivity index (χ4v) is 5.48. The molecule has 34 heavy (non-hydrogen) atoms. The van der Waals surface area contributed by atoms with Crippen molar-refractivity contribution in [1.82, 2.24) is 9.55 Å². The van der Waals surface area contributed by atoms with E-state index in [9.17, 15) is 0 Å². The third-order valence-corrected chi connectivity index (χ3v) is 7.52. The highest BCUT2D eigenvalue weighted by Gasteiger charge is 2.39. The summed E-state index contributed by atoms with van der Waals surface area (Å²) >= 11 is 0. The van der Waals surface area contributed by atoms with E-state index in [2.05, 4.69) is 92.2 Å². The molecule has 0 aliphatic heterocycles. The van der Waals surface area contributed by atoms with E-state index in [-0.39, 0.29) is 5.41 Å². The third-order valence-electron chi connectivity index (χ3n) is 7.52. The van der Waals surface area contributed by atoms with Crippen LogP contribution in [-0.2, 0) is 18.4 Å². The van der Waals surface area contributed by atoms with Crippen molar-refractivity contribution < 1.29 is 0 Å². The largest absolute Gasteiger partial charge is 0.335 e. The van der Waals surface area contributed by atoms with E-state index in [1.54, 1.807) is 0 Å². The Morgan fingerprint density at radius 1 is 0.765 bits per heavy atom. The van der Waals surface area contributed by atoms with Crippen LogP contribution in [0.15, 0.2) is 73.1 Å². The molecule has 1 heterocycles. The molecule has 2 unspecified atom stereocenters. The number of aryl methyl sites for hydroxylation is 1. The van der Waals surface area contributed by atoms with Crippen LogP contribution in [-0.4, -0.2) is 9.55 Å². The molecule has 3 aromatic rings. The summed E-state index contributed by atoms with van der Waals surface area (Å²) in [6.45, 7) is 8.14. The van der Waals surface area contributed by atoms with E-state index in [0.717, 1.165) is 13.0 Å². The number of rotatable bonds is 16. The summed E-state index contributed by atoms with van der Waals surface area (Å²) < 4.78 is 2.46. The lowest BCUT2D eigenvalue weighted by atomic mass is 9.66. The third kappa shape index (κ3) is 7.32. The molecule has 0 N–H and O–H groups in total. The van der Waals surface area contributed by atoms with Gasteiger partial charge in [-0.05, 0) is 30.4 Å². The molecule has 0 bridgehead atoms. The van der Waals surface area contributed by atoms with Gasteiger partial charge >= 0.3 is 0 Å². The zero-order valence-electron chi connectivity index (χ0n) is 21.9. The highest BCUT2D eigenvalue weighted by molar-refractivity contribution is 5.33. The summed E-state index contributed by atoms with van der Waals surface area (Å²) in [4.78, 5) is 5.02. The Balaban J connectivity index is 1.94. The SMILES string of the molecule is CCCCCCCCC(c1nccn1CCCCC)C(C)(Cc1ccccc1)c1ccccc1. The van der Waals surface area contributed by atoms with Crippen molar-refractivity contribution >= 4 is 0 Å². The minimum absolute atomic E-state index is 0.0140. The molecule has 0 radical (unpaired) electrons. The number of unbranched alkanes of at least 4 members (excludes halogenated alkanes) is 7. The van der Waals surface area contributed by atoms with Gasteiger partial charge in [-0.3, -0.25) is 0 Å². The lowest BCUT2D eigenvalue weighted by Crippen LogP contribution is -2.35. The van der Waals surface area contributed by atoms with Crippen molar-refractivity contribution in [3.63, 3.8) is 0 Å². The van der Waals surface area contributed by atoms with Gasteiger partial charge in [-0.15, -0.1) is 0 Å². The maximum absolute atomic E-state index is 5.02. The second-order valence-corrected chi connectivity index (χ2v) is 10.2. The van der Waals surface area contributed by atoms with E-state index < -0.39 is 0 Å². The normalized spacial score (nSPS) is 14.1. The van der Waals surface area contributed by atoms with Crippen LogP contribution in [0.25, 0.3) is 0 Å².